The fourth-order valence-corrected chi connectivity index (χ4v) is 3.33. The number of carbonyl (C=O) groups is 2. The highest BCUT2D eigenvalue weighted by molar-refractivity contribution is 6.10. The van der Waals surface area contributed by atoms with E-state index in [0.29, 0.717) is 18.1 Å². The van der Waals surface area contributed by atoms with Gasteiger partial charge in [-0.3, -0.25) is 14.5 Å². The molecule has 0 saturated carbocycles. The van der Waals surface area contributed by atoms with Gasteiger partial charge in [-0.25, -0.2) is 0 Å². The average molecular weight is 439 g/mol. The van der Waals surface area contributed by atoms with Crippen molar-refractivity contribution in [2.45, 2.75) is 6.42 Å². The average Bonchev–Trinajstić information content (AvgIpc) is 3.22. The SMILES string of the molecule is COc1cc(OCCN2CCOCC2)ccc1/C=C/C(=O)CC(=O)/C=C/c1cccn1C. The van der Waals surface area contributed by atoms with Crippen molar-refractivity contribution in [1.29, 1.82) is 0 Å². The first-order chi connectivity index (χ1) is 15.5. The number of hydrogen-bond donors (Lipinski definition) is 0. The number of aromatic nitrogens is 1. The summed E-state index contributed by atoms with van der Waals surface area (Å²) >= 11 is 0. The van der Waals surface area contributed by atoms with Gasteiger partial charge in [0.15, 0.2) is 11.6 Å². The Morgan fingerprint density at radius 1 is 1.09 bits per heavy atom. The van der Waals surface area contributed by atoms with Gasteiger partial charge in [-0.1, -0.05) is 0 Å². The highest BCUT2D eigenvalue weighted by Crippen LogP contribution is 2.26. The van der Waals surface area contributed by atoms with Crippen LogP contribution in [-0.4, -0.2) is 67.6 Å². The number of ether oxygens (including phenoxy) is 3. The smallest absolute Gasteiger partial charge is 0.163 e. The van der Waals surface area contributed by atoms with Crippen LogP contribution in [0.1, 0.15) is 17.7 Å². The number of morpholine rings is 1. The van der Waals surface area contributed by atoms with Crippen molar-refractivity contribution in [3.8, 4) is 11.5 Å². The van der Waals surface area contributed by atoms with Crippen LogP contribution < -0.4 is 9.47 Å². The Hall–Kier alpha value is -3.16. The largest absolute Gasteiger partial charge is 0.496 e. The maximum absolute atomic E-state index is 12.2. The van der Waals surface area contributed by atoms with Crippen LogP contribution in [0.25, 0.3) is 12.2 Å². The second-order valence-corrected chi connectivity index (χ2v) is 7.53. The summed E-state index contributed by atoms with van der Waals surface area (Å²) in [4.78, 5) is 26.5. The molecule has 3 rings (SSSR count). The lowest BCUT2D eigenvalue weighted by molar-refractivity contribution is -0.121. The van der Waals surface area contributed by atoms with Crippen molar-refractivity contribution >= 4 is 23.7 Å². The van der Waals surface area contributed by atoms with E-state index in [-0.39, 0.29) is 18.0 Å². The maximum atomic E-state index is 12.2. The molecule has 1 saturated heterocycles. The lowest BCUT2D eigenvalue weighted by atomic mass is 10.1. The van der Waals surface area contributed by atoms with Crippen LogP contribution in [0.2, 0.25) is 0 Å². The summed E-state index contributed by atoms with van der Waals surface area (Å²) in [6.07, 6.45) is 7.93. The van der Waals surface area contributed by atoms with E-state index in [1.54, 1.807) is 25.3 Å². The third-order valence-corrected chi connectivity index (χ3v) is 5.21. The molecule has 0 spiro atoms. The molecular formula is C25H30N2O5. The van der Waals surface area contributed by atoms with Crippen LogP contribution in [0.4, 0.5) is 0 Å². The molecular weight excluding hydrogens is 408 g/mol. The number of ketones is 2. The minimum atomic E-state index is -0.264. The van der Waals surface area contributed by atoms with Gasteiger partial charge < -0.3 is 18.8 Å². The minimum Gasteiger partial charge on any atom is -0.496 e. The summed E-state index contributed by atoms with van der Waals surface area (Å²) in [6, 6.07) is 9.28. The maximum Gasteiger partial charge on any atom is 0.163 e. The van der Waals surface area contributed by atoms with Crippen molar-refractivity contribution in [2.24, 2.45) is 7.05 Å². The Kier molecular flexibility index (Phi) is 8.83. The summed E-state index contributed by atoms with van der Waals surface area (Å²) in [5.41, 5.74) is 1.64. The van der Waals surface area contributed by atoms with E-state index in [4.69, 9.17) is 14.2 Å². The van der Waals surface area contributed by atoms with Crippen molar-refractivity contribution in [2.75, 3.05) is 46.6 Å². The molecule has 170 valence electrons. The first-order valence-corrected chi connectivity index (χ1v) is 10.7. The lowest BCUT2D eigenvalue weighted by Crippen LogP contribution is -2.38. The molecule has 2 aromatic rings. The molecule has 1 aliphatic rings. The lowest BCUT2D eigenvalue weighted by Gasteiger charge is -2.26. The zero-order valence-corrected chi connectivity index (χ0v) is 18.7. The summed E-state index contributed by atoms with van der Waals surface area (Å²) in [5.74, 6) is 0.809. The van der Waals surface area contributed by atoms with Crippen LogP contribution >= 0.6 is 0 Å². The predicted molar refractivity (Wildman–Crippen MR) is 124 cm³/mol. The standard InChI is InChI=1S/C25H30N2O5/c1-26-11-3-4-21(26)7-9-23(29)18-22(28)8-5-20-6-10-24(19-25(20)30-2)32-17-14-27-12-15-31-16-13-27/h3-11,19H,12-18H2,1-2H3/b8-5+,9-7+. The van der Waals surface area contributed by atoms with Crippen LogP contribution in [0, 0.1) is 0 Å². The van der Waals surface area contributed by atoms with Gasteiger partial charge in [0.25, 0.3) is 0 Å². The van der Waals surface area contributed by atoms with Gasteiger partial charge in [-0.15, -0.1) is 0 Å². The number of hydrogen-bond acceptors (Lipinski definition) is 6. The molecule has 7 heteroatoms. The molecule has 0 aliphatic carbocycles. The highest BCUT2D eigenvalue weighted by Gasteiger charge is 2.10. The monoisotopic (exact) mass is 438 g/mol. The first kappa shape index (κ1) is 23.5. The van der Waals surface area contributed by atoms with Crippen LogP contribution in [0.15, 0.2) is 48.7 Å². The fraction of sp³-hybridized carbons (Fsp3) is 0.360. The van der Waals surface area contributed by atoms with E-state index in [1.807, 2.05) is 42.1 Å². The van der Waals surface area contributed by atoms with Crippen molar-refractivity contribution in [1.82, 2.24) is 9.47 Å². The van der Waals surface area contributed by atoms with E-state index >= 15 is 0 Å². The van der Waals surface area contributed by atoms with E-state index in [0.717, 1.165) is 44.1 Å². The number of aryl methyl sites for hydroxylation is 1. The zero-order chi connectivity index (χ0) is 22.8. The van der Waals surface area contributed by atoms with Gasteiger partial charge in [0.05, 0.1) is 26.7 Å². The Balaban J connectivity index is 1.50. The minimum absolute atomic E-state index is 0.178. The Labute approximate surface area is 188 Å². The number of rotatable bonds is 11. The van der Waals surface area contributed by atoms with Crippen LogP contribution in [0.5, 0.6) is 11.5 Å². The number of benzene rings is 1. The third-order valence-electron chi connectivity index (χ3n) is 5.21. The zero-order valence-electron chi connectivity index (χ0n) is 18.7. The van der Waals surface area contributed by atoms with Gasteiger partial charge >= 0.3 is 0 Å². The number of nitrogens with zero attached hydrogens (tertiary/aromatic N) is 2. The van der Waals surface area contributed by atoms with Gasteiger partial charge in [0.2, 0.25) is 0 Å². The molecule has 1 fully saturated rings. The van der Waals surface area contributed by atoms with Gasteiger partial charge in [0, 0.05) is 50.2 Å². The van der Waals surface area contributed by atoms with E-state index < -0.39 is 0 Å². The molecule has 0 amide bonds. The number of methoxy groups -OCH3 is 1. The molecule has 0 bridgehead atoms. The molecule has 0 radical (unpaired) electrons. The first-order valence-electron chi connectivity index (χ1n) is 10.7. The molecule has 2 heterocycles. The second kappa shape index (κ2) is 12.0. The molecule has 1 aliphatic heterocycles. The van der Waals surface area contributed by atoms with Gasteiger partial charge in [0.1, 0.15) is 18.1 Å². The second-order valence-electron chi connectivity index (χ2n) is 7.53. The number of carbonyl (C=O) groups excluding carboxylic acids is 2. The Morgan fingerprint density at radius 3 is 2.53 bits per heavy atom. The Bertz CT molecular complexity index is 970. The molecule has 0 unspecified atom stereocenters. The topological polar surface area (TPSA) is 70.0 Å². The fourth-order valence-electron chi connectivity index (χ4n) is 3.33. The third kappa shape index (κ3) is 7.21. The van der Waals surface area contributed by atoms with Gasteiger partial charge in [-0.05, 0) is 48.6 Å². The van der Waals surface area contributed by atoms with Crippen molar-refractivity contribution in [3.63, 3.8) is 0 Å². The molecule has 0 atom stereocenters. The van der Waals surface area contributed by atoms with E-state index in [2.05, 4.69) is 4.90 Å². The Morgan fingerprint density at radius 2 is 1.84 bits per heavy atom. The molecule has 32 heavy (non-hydrogen) atoms. The molecule has 1 aromatic carbocycles. The molecule has 7 nitrogen and oxygen atoms in total. The molecule has 1 aromatic heterocycles. The highest BCUT2D eigenvalue weighted by atomic mass is 16.5. The van der Waals surface area contributed by atoms with E-state index in [1.165, 1.54) is 12.2 Å². The van der Waals surface area contributed by atoms with Gasteiger partial charge in [-0.2, -0.15) is 0 Å². The van der Waals surface area contributed by atoms with Crippen LogP contribution in [-0.2, 0) is 21.4 Å². The predicted octanol–water partition coefficient (Wildman–Crippen LogP) is 3.00. The summed E-state index contributed by atoms with van der Waals surface area (Å²) in [6.45, 7) is 4.80. The van der Waals surface area contributed by atoms with Crippen LogP contribution in [0.3, 0.4) is 0 Å². The normalized spacial score (nSPS) is 14.8. The number of allylic oxidation sites excluding steroid dienone is 2. The summed E-state index contributed by atoms with van der Waals surface area (Å²) in [5, 5.41) is 0. The molecule has 0 N–H and O–H groups in total. The van der Waals surface area contributed by atoms with E-state index in [9.17, 15) is 9.59 Å². The summed E-state index contributed by atoms with van der Waals surface area (Å²) < 4.78 is 18.5. The summed E-state index contributed by atoms with van der Waals surface area (Å²) in [7, 11) is 3.47. The van der Waals surface area contributed by atoms with Crippen molar-refractivity contribution < 1.29 is 23.8 Å². The van der Waals surface area contributed by atoms with Crippen molar-refractivity contribution in [3.05, 3.63) is 59.9 Å². The quantitative estimate of drug-likeness (QED) is 0.397.